The molecular formula is C27H30N6O5S. The van der Waals surface area contributed by atoms with E-state index in [0.717, 1.165) is 4.57 Å². The first-order valence-corrected chi connectivity index (χ1v) is 13.3. The number of para-hydroxylation sites is 1. The highest BCUT2D eigenvalue weighted by molar-refractivity contribution is 7.21. The van der Waals surface area contributed by atoms with E-state index < -0.39 is 22.9 Å². The van der Waals surface area contributed by atoms with Crippen molar-refractivity contribution in [2.75, 3.05) is 13.7 Å². The maximum atomic E-state index is 14.1. The minimum Gasteiger partial charge on any atom is -0.496 e. The minimum atomic E-state index is -1.39. The normalized spacial score (nSPS) is 12.4. The fourth-order valence-electron chi connectivity index (χ4n) is 4.64. The number of fused-ring (bicyclic) bond motifs is 1. The molecular weight excluding hydrogens is 520 g/mol. The molecule has 0 spiro atoms. The van der Waals surface area contributed by atoms with Gasteiger partial charge in [-0.1, -0.05) is 36.5 Å². The number of aromatic nitrogens is 5. The third-order valence-corrected chi connectivity index (χ3v) is 8.00. The molecule has 0 bridgehead atoms. The Hall–Kier alpha value is -4.08. The van der Waals surface area contributed by atoms with Crippen molar-refractivity contribution in [1.82, 2.24) is 24.1 Å². The molecule has 39 heavy (non-hydrogen) atoms. The molecule has 204 valence electrons. The van der Waals surface area contributed by atoms with Crippen molar-refractivity contribution in [2.45, 2.75) is 58.7 Å². The van der Waals surface area contributed by atoms with Gasteiger partial charge in [-0.3, -0.25) is 14.2 Å². The van der Waals surface area contributed by atoms with Crippen LogP contribution in [0.5, 0.6) is 5.75 Å². The van der Waals surface area contributed by atoms with Gasteiger partial charge in [-0.05, 0) is 26.8 Å². The molecule has 1 aromatic carbocycles. The molecule has 0 aliphatic rings. The minimum absolute atomic E-state index is 0.00371. The zero-order valence-electron chi connectivity index (χ0n) is 22.5. The fraction of sp³-hybridized carbons (Fsp3) is 0.407. The van der Waals surface area contributed by atoms with Gasteiger partial charge in [0.25, 0.3) is 5.56 Å². The Balaban J connectivity index is 2.03. The Bertz CT molecular complexity index is 1660. The first kappa shape index (κ1) is 27.9. The molecule has 0 saturated carbocycles. The van der Waals surface area contributed by atoms with E-state index in [2.05, 4.69) is 16.3 Å². The van der Waals surface area contributed by atoms with Gasteiger partial charge in [0.15, 0.2) is 5.78 Å². The predicted octanol–water partition coefficient (Wildman–Crippen LogP) is 3.51. The Morgan fingerprint density at radius 1 is 1.21 bits per heavy atom. The molecule has 3 heterocycles. The lowest BCUT2D eigenvalue weighted by Gasteiger charge is -2.27. The highest BCUT2D eigenvalue weighted by atomic mass is 32.1. The molecule has 0 radical (unpaired) electrons. The van der Waals surface area contributed by atoms with Crippen LogP contribution in [0.15, 0.2) is 46.2 Å². The molecule has 0 N–H and O–H groups in total. The summed E-state index contributed by atoms with van der Waals surface area (Å²) in [5, 5.41) is 18.4. The molecule has 12 heteroatoms. The van der Waals surface area contributed by atoms with Crippen LogP contribution in [-0.2, 0) is 21.6 Å². The number of benzene rings is 1. The van der Waals surface area contributed by atoms with Crippen LogP contribution >= 0.6 is 11.3 Å². The van der Waals surface area contributed by atoms with Crippen LogP contribution in [0.2, 0.25) is 0 Å². The molecule has 4 aromatic rings. The molecule has 11 nitrogen and oxygen atoms in total. The van der Waals surface area contributed by atoms with Gasteiger partial charge in [0.05, 0.1) is 50.5 Å². The van der Waals surface area contributed by atoms with Crippen LogP contribution in [-0.4, -0.2) is 43.6 Å². The third-order valence-electron chi connectivity index (χ3n) is 6.72. The Labute approximate surface area is 228 Å². The zero-order chi connectivity index (χ0) is 28.3. The highest BCUT2D eigenvalue weighted by Crippen LogP contribution is 2.34. The number of carbonyl (C=O) groups is 1. The van der Waals surface area contributed by atoms with E-state index in [9.17, 15) is 14.4 Å². The van der Waals surface area contributed by atoms with Crippen molar-refractivity contribution in [3.05, 3.63) is 68.6 Å². The second-order valence-electron chi connectivity index (χ2n) is 9.41. The lowest BCUT2D eigenvalue weighted by molar-refractivity contribution is -0.126. The Morgan fingerprint density at radius 3 is 2.54 bits per heavy atom. The van der Waals surface area contributed by atoms with Crippen LogP contribution in [0.3, 0.4) is 0 Å². The highest BCUT2D eigenvalue weighted by Gasteiger charge is 2.35. The number of nitrogens with zero attached hydrogens (tertiary/aromatic N) is 6. The molecule has 0 fully saturated rings. The van der Waals surface area contributed by atoms with Crippen LogP contribution in [0.1, 0.15) is 50.8 Å². The van der Waals surface area contributed by atoms with Gasteiger partial charge in [0.1, 0.15) is 27.2 Å². The average Bonchev–Trinajstić information content (AvgIpc) is 3.57. The lowest BCUT2D eigenvalue weighted by Crippen LogP contribution is -2.52. The maximum absolute atomic E-state index is 14.1. The number of hydrogen-bond acceptors (Lipinski definition) is 9. The summed E-state index contributed by atoms with van der Waals surface area (Å²) >= 11 is 1.21. The van der Waals surface area contributed by atoms with Crippen molar-refractivity contribution in [3.63, 3.8) is 0 Å². The smallest absolute Gasteiger partial charge is 0.333 e. The predicted molar refractivity (Wildman–Crippen MR) is 147 cm³/mol. The standard InChI is InChI=1S/C27H30N6O5S/c1-6-21(34)27(3,4)32-23(35)22-17(2)24(33-29-13-14-30-33)39-25(22)31(26(32)36)16-20(38-15-9-12-28)18-10-7-8-11-19(18)37-5/h7-8,10-11,13-14,20H,6,9,15-16H2,1-5H3/t20-/m0/s1. The summed E-state index contributed by atoms with van der Waals surface area (Å²) in [5.74, 6) is 0.309. The number of carbonyl (C=O) groups excluding carboxylic acids is 1. The van der Waals surface area contributed by atoms with Crippen molar-refractivity contribution in [3.8, 4) is 16.8 Å². The quantitative estimate of drug-likeness (QED) is 0.259. The summed E-state index contributed by atoms with van der Waals surface area (Å²) in [6.45, 7) is 6.76. The van der Waals surface area contributed by atoms with Gasteiger partial charge >= 0.3 is 5.69 Å². The summed E-state index contributed by atoms with van der Waals surface area (Å²) in [5.41, 5.74) is -1.30. The van der Waals surface area contributed by atoms with E-state index in [-0.39, 0.29) is 31.8 Å². The number of thiophene rings is 1. The number of hydrogen-bond donors (Lipinski definition) is 0. The van der Waals surface area contributed by atoms with Crippen molar-refractivity contribution < 1.29 is 14.3 Å². The molecule has 0 amide bonds. The van der Waals surface area contributed by atoms with E-state index in [1.54, 1.807) is 40.9 Å². The van der Waals surface area contributed by atoms with Crippen LogP contribution in [0, 0.1) is 18.3 Å². The number of aryl methyl sites for hydroxylation is 1. The van der Waals surface area contributed by atoms with E-state index >= 15 is 0 Å². The number of rotatable bonds is 11. The van der Waals surface area contributed by atoms with Crippen LogP contribution < -0.4 is 16.0 Å². The van der Waals surface area contributed by atoms with Crippen molar-refractivity contribution in [2.24, 2.45) is 0 Å². The van der Waals surface area contributed by atoms with Crippen molar-refractivity contribution >= 4 is 27.3 Å². The molecule has 0 saturated heterocycles. The molecule has 0 aliphatic carbocycles. The zero-order valence-corrected chi connectivity index (χ0v) is 23.3. The van der Waals surface area contributed by atoms with Gasteiger partial charge in [-0.2, -0.15) is 15.5 Å². The Kier molecular flexibility index (Phi) is 8.13. The Morgan fingerprint density at radius 2 is 1.90 bits per heavy atom. The molecule has 4 rings (SSSR count). The van der Waals surface area contributed by atoms with Crippen molar-refractivity contribution in [1.29, 1.82) is 5.26 Å². The molecule has 0 aliphatic heterocycles. The van der Waals surface area contributed by atoms with Gasteiger partial charge in [-0.25, -0.2) is 9.36 Å². The van der Waals surface area contributed by atoms with Crippen LogP contribution in [0.25, 0.3) is 15.2 Å². The molecule has 0 unspecified atom stereocenters. The summed E-state index contributed by atoms with van der Waals surface area (Å²) in [7, 11) is 1.54. The lowest BCUT2D eigenvalue weighted by atomic mass is 9.96. The van der Waals surface area contributed by atoms with E-state index in [1.807, 2.05) is 18.2 Å². The van der Waals surface area contributed by atoms with Gasteiger partial charge in [0, 0.05) is 17.5 Å². The SMILES string of the molecule is CCC(=O)C(C)(C)n1c(=O)c2c(C)c(-n3nccn3)sc2n(C[C@H](OCCC#N)c2ccccc2OC)c1=O. The first-order valence-electron chi connectivity index (χ1n) is 12.5. The van der Waals surface area contributed by atoms with E-state index in [1.165, 1.54) is 33.1 Å². The van der Waals surface area contributed by atoms with Crippen LogP contribution in [0.4, 0.5) is 0 Å². The summed E-state index contributed by atoms with van der Waals surface area (Å²) in [4.78, 5) is 42.8. The monoisotopic (exact) mass is 550 g/mol. The summed E-state index contributed by atoms with van der Waals surface area (Å²) < 4.78 is 14.2. The van der Waals surface area contributed by atoms with Gasteiger partial charge < -0.3 is 9.47 Å². The van der Waals surface area contributed by atoms with E-state index in [0.29, 0.717) is 32.1 Å². The number of nitriles is 1. The maximum Gasteiger partial charge on any atom is 0.333 e. The number of ketones is 1. The molecule has 3 aromatic heterocycles. The largest absolute Gasteiger partial charge is 0.496 e. The number of methoxy groups -OCH3 is 1. The summed E-state index contributed by atoms with van der Waals surface area (Å²) in [6.07, 6.45) is 2.67. The topological polar surface area (TPSA) is 134 Å². The average molecular weight is 551 g/mol. The number of ether oxygens (including phenoxy) is 2. The second kappa shape index (κ2) is 11.3. The third kappa shape index (κ3) is 5.03. The van der Waals surface area contributed by atoms with Gasteiger partial charge in [-0.15, -0.1) is 4.80 Å². The fourth-order valence-corrected chi connectivity index (χ4v) is 5.86. The summed E-state index contributed by atoms with van der Waals surface area (Å²) in [6, 6.07) is 9.34. The number of Topliss-reactive ketones (excluding diaryl/α,β-unsaturated/α-hetero) is 1. The first-order chi connectivity index (χ1) is 18.7. The van der Waals surface area contributed by atoms with E-state index in [4.69, 9.17) is 14.7 Å². The van der Waals surface area contributed by atoms with Gasteiger partial charge in [0.2, 0.25) is 0 Å². The second-order valence-corrected chi connectivity index (χ2v) is 10.4. The molecule has 1 atom stereocenters.